The van der Waals surface area contributed by atoms with Gasteiger partial charge >= 0.3 is 6.09 Å². The Kier molecular flexibility index (Phi) is 6.10. The molecule has 0 bridgehead atoms. The lowest BCUT2D eigenvalue weighted by Crippen LogP contribution is -2.55. The Morgan fingerprint density at radius 1 is 1.17 bits per heavy atom. The van der Waals surface area contributed by atoms with Crippen molar-refractivity contribution in [3.8, 4) is 16.9 Å². The zero-order valence-electron chi connectivity index (χ0n) is 21.0. The van der Waals surface area contributed by atoms with Crippen molar-refractivity contribution in [3.05, 3.63) is 47.8 Å². The highest BCUT2D eigenvalue weighted by atomic mass is 19.1. The number of ether oxygens (including phenoxy) is 2. The van der Waals surface area contributed by atoms with E-state index < -0.39 is 11.6 Å². The molecule has 0 aromatic heterocycles. The standard InChI is InChI=1S/C27H31FN4O4/c1-16-25(33)30-29-24-15-35-23-14-20(18-7-5-6-8-21(18)28)19(13-22(23)32(16)24)17-9-11-31(12-10-17)26(34)36-27(2,3)4/h5-8,13-14,16-17H,9-12,15H2,1-4H3,(H,30,33)/t16-/m1/s1. The number of anilines is 1. The number of piperidine rings is 1. The van der Waals surface area contributed by atoms with Crippen molar-refractivity contribution in [1.29, 1.82) is 0 Å². The van der Waals surface area contributed by atoms with E-state index in [4.69, 9.17) is 9.47 Å². The van der Waals surface area contributed by atoms with Crippen LogP contribution in [0.4, 0.5) is 14.9 Å². The first-order chi connectivity index (χ1) is 17.1. The normalized spacial score (nSPS) is 20.1. The van der Waals surface area contributed by atoms with Gasteiger partial charge in [0.2, 0.25) is 0 Å². The summed E-state index contributed by atoms with van der Waals surface area (Å²) in [5.74, 6) is 0.785. The van der Waals surface area contributed by atoms with E-state index in [0.29, 0.717) is 43.1 Å². The number of halogens is 1. The summed E-state index contributed by atoms with van der Waals surface area (Å²) in [4.78, 5) is 28.6. The number of hydrogen-bond donors (Lipinski definition) is 1. The fourth-order valence-electron chi connectivity index (χ4n) is 5.04. The average molecular weight is 495 g/mol. The van der Waals surface area contributed by atoms with E-state index in [1.165, 1.54) is 6.07 Å². The monoisotopic (exact) mass is 494 g/mol. The summed E-state index contributed by atoms with van der Waals surface area (Å²) < 4.78 is 26.5. The van der Waals surface area contributed by atoms with Crippen LogP contribution in [0.15, 0.2) is 41.5 Å². The second-order valence-electron chi connectivity index (χ2n) is 10.5. The molecular weight excluding hydrogens is 463 g/mol. The third kappa shape index (κ3) is 4.50. The summed E-state index contributed by atoms with van der Waals surface area (Å²) in [5.41, 5.74) is 4.95. The number of hydrazone groups is 1. The molecule has 0 radical (unpaired) electrons. The van der Waals surface area contributed by atoms with Crippen LogP contribution in [0.5, 0.6) is 5.75 Å². The Bertz CT molecular complexity index is 1230. The van der Waals surface area contributed by atoms with Gasteiger partial charge in [0.25, 0.3) is 5.91 Å². The van der Waals surface area contributed by atoms with Crippen LogP contribution in [-0.4, -0.2) is 54.1 Å². The molecule has 1 saturated heterocycles. The molecule has 2 amide bonds. The van der Waals surface area contributed by atoms with Crippen molar-refractivity contribution >= 4 is 23.5 Å². The topological polar surface area (TPSA) is 83.5 Å². The number of benzene rings is 2. The van der Waals surface area contributed by atoms with Gasteiger partial charge in [0.05, 0.1) is 5.69 Å². The molecule has 1 fully saturated rings. The molecule has 0 spiro atoms. The summed E-state index contributed by atoms with van der Waals surface area (Å²) in [6.45, 7) is 8.68. The largest absolute Gasteiger partial charge is 0.483 e. The van der Waals surface area contributed by atoms with E-state index in [1.54, 1.807) is 17.0 Å². The molecule has 0 unspecified atom stereocenters. The number of amides is 2. The fourth-order valence-corrected chi connectivity index (χ4v) is 5.04. The van der Waals surface area contributed by atoms with Gasteiger partial charge in [-0.05, 0) is 75.8 Å². The van der Waals surface area contributed by atoms with Gasteiger partial charge in [0.15, 0.2) is 5.84 Å². The van der Waals surface area contributed by atoms with Gasteiger partial charge in [-0.2, -0.15) is 5.10 Å². The molecule has 3 aliphatic heterocycles. The van der Waals surface area contributed by atoms with Gasteiger partial charge < -0.3 is 19.3 Å². The summed E-state index contributed by atoms with van der Waals surface area (Å²) in [5, 5.41) is 4.18. The third-order valence-electron chi connectivity index (χ3n) is 6.84. The van der Waals surface area contributed by atoms with Crippen LogP contribution in [0.3, 0.4) is 0 Å². The van der Waals surface area contributed by atoms with Gasteiger partial charge in [0, 0.05) is 18.7 Å². The highest BCUT2D eigenvalue weighted by molar-refractivity contribution is 6.09. The molecule has 2 aromatic carbocycles. The van der Waals surface area contributed by atoms with Gasteiger partial charge in [-0.3, -0.25) is 4.79 Å². The molecule has 3 aliphatic rings. The first-order valence-corrected chi connectivity index (χ1v) is 12.3. The van der Waals surface area contributed by atoms with Gasteiger partial charge in [-0.1, -0.05) is 18.2 Å². The lowest BCUT2D eigenvalue weighted by molar-refractivity contribution is -0.122. The highest BCUT2D eigenvalue weighted by Gasteiger charge is 2.37. The van der Waals surface area contributed by atoms with Crippen LogP contribution in [-0.2, 0) is 9.53 Å². The predicted octanol–water partition coefficient (Wildman–Crippen LogP) is 4.64. The minimum Gasteiger partial charge on any atom is -0.483 e. The van der Waals surface area contributed by atoms with Crippen LogP contribution in [0.25, 0.3) is 11.1 Å². The van der Waals surface area contributed by atoms with E-state index in [9.17, 15) is 14.0 Å². The Hall–Kier alpha value is -3.62. The van der Waals surface area contributed by atoms with E-state index in [-0.39, 0.29) is 30.3 Å². The van der Waals surface area contributed by atoms with E-state index in [2.05, 4.69) is 10.5 Å². The average Bonchev–Trinajstić information content (AvgIpc) is 2.84. The first-order valence-electron chi connectivity index (χ1n) is 12.3. The Morgan fingerprint density at radius 3 is 2.58 bits per heavy atom. The maximum atomic E-state index is 15.0. The number of nitrogens with one attached hydrogen (secondary N) is 1. The Balaban J connectivity index is 1.52. The lowest BCUT2D eigenvalue weighted by Gasteiger charge is -2.39. The minimum atomic E-state index is -0.554. The molecule has 2 aromatic rings. The molecule has 1 N–H and O–H groups in total. The minimum absolute atomic E-state index is 0.0832. The van der Waals surface area contributed by atoms with Crippen molar-refractivity contribution in [1.82, 2.24) is 10.3 Å². The van der Waals surface area contributed by atoms with Crippen molar-refractivity contribution in [2.24, 2.45) is 5.10 Å². The Labute approximate surface area is 210 Å². The number of carbonyl (C=O) groups is 2. The molecule has 36 heavy (non-hydrogen) atoms. The summed E-state index contributed by atoms with van der Waals surface area (Å²) >= 11 is 0. The van der Waals surface area contributed by atoms with Crippen LogP contribution >= 0.6 is 0 Å². The predicted molar refractivity (Wildman–Crippen MR) is 135 cm³/mol. The van der Waals surface area contributed by atoms with Crippen molar-refractivity contribution in [2.45, 2.75) is 58.1 Å². The fraction of sp³-hybridized carbons (Fsp3) is 0.444. The summed E-state index contributed by atoms with van der Waals surface area (Å²) in [6.07, 6.45) is 1.09. The summed E-state index contributed by atoms with van der Waals surface area (Å²) in [6, 6.07) is 10.1. The second kappa shape index (κ2) is 9.11. The number of likely N-dealkylation sites (tertiary alicyclic amines) is 1. The summed E-state index contributed by atoms with van der Waals surface area (Å²) in [7, 11) is 0. The molecule has 0 saturated carbocycles. The van der Waals surface area contributed by atoms with Crippen molar-refractivity contribution in [3.63, 3.8) is 0 Å². The number of amidine groups is 1. The lowest BCUT2D eigenvalue weighted by atomic mass is 9.83. The highest BCUT2D eigenvalue weighted by Crippen LogP contribution is 2.45. The van der Waals surface area contributed by atoms with E-state index in [1.807, 2.05) is 50.8 Å². The number of nitrogens with zero attached hydrogens (tertiary/aromatic N) is 3. The van der Waals surface area contributed by atoms with Crippen molar-refractivity contribution < 1.29 is 23.5 Å². The molecule has 190 valence electrons. The number of carbonyl (C=O) groups excluding carboxylic acids is 2. The zero-order valence-corrected chi connectivity index (χ0v) is 21.0. The molecule has 3 heterocycles. The maximum Gasteiger partial charge on any atom is 0.410 e. The molecule has 0 aliphatic carbocycles. The SMILES string of the molecule is C[C@@H]1C(=O)NN=C2COc3cc(-c4ccccc4F)c(C4CCN(C(=O)OC(C)(C)C)CC4)cc3N21. The Morgan fingerprint density at radius 2 is 1.89 bits per heavy atom. The maximum absolute atomic E-state index is 15.0. The molecule has 9 heteroatoms. The second-order valence-corrected chi connectivity index (χ2v) is 10.5. The quantitative estimate of drug-likeness (QED) is 0.658. The van der Waals surface area contributed by atoms with Gasteiger partial charge in [-0.15, -0.1) is 0 Å². The van der Waals surface area contributed by atoms with Crippen molar-refractivity contribution in [2.75, 3.05) is 24.6 Å². The molecule has 1 atom stereocenters. The molecular formula is C27H31FN4O4. The number of fused-ring (bicyclic) bond motifs is 3. The van der Waals surface area contributed by atoms with Crippen LogP contribution in [0, 0.1) is 5.82 Å². The zero-order chi connectivity index (χ0) is 25.6. The smallest absolute Gasteiger partial charge is 0.410 e. The number of rotatable bonds is 2. The van der Waals surface area contributed by atoms with Crippen LogP contribution < -0.4 is 15.1 Å². The molecule has 8 nitrogen and oxygen atoms in total. The number of hydrogen-bond acceptors (Lipinski definition) is 6. The third-order valence-corrected chi connectivity index (χ3v) is 6.84. The van der Waals surface area contributed by atoms with Crippen LogP contribution in [0.1, 0.15) is 52.0 Å². The van der Waals surface area contributed by atoms with E-state index >= 15 is 0 Å². The molecule has 5 rings (SSSR count). The van der Waals surface area contributed by atoms with Crippen LogP contribution in [0.2, 0.25) is 0 Å². The first kappa shape index (κ1) is 24.1. The van der Waals surface area contributed by atoms with Gasteiger partial charge in [0.1, 0.15) is 29.8 Å². The van der Waals surface area contributed by atoms with E-state index in [0.717, 1.165) is 16.8 Å². The van der Waals surface area contributed by atoms with Gasteiger partial charge in [-0.25, -0.2) is 14.6 Å².